The Morgan fingerprint density at radius 1 is 0.635 bits per heavy atom. The summed E-state index contributed by atoms with van der Waals surface area (Å²) in [4.78, 5) is 11.8. The fourth-order valence-corrected chi connectivity index (χ4v) is 7.57. The van der Waals surface area contributed by atoms with Crippen molar-refractivity contribution in [2.24, 2.45) is 0 Å². The van der Waals surface area contributed by atoms with Gasteiger partial charge < -0.3 is 26.8 Å². The fraction of sp³-hybridized carbons (Fsp3) is 0.158. The van der Waals surface area contributed by atoms with E-state index in [9.17, 15) is 30.7 Å². The van der Waals surface area contributed by atoms with Crippen LogP contribution >= 0.6 is 0 Å². The third kappa shape index (κ3) is 7.85. The van der Waals surface area contributed by atoms with Crippen molar-refractivity contribution in [2.45, 2.75) is 44.4 Å². The van der Waals surface area contributed by atoms with Crippen LogP contribution in [0.25, 0.3) is 0 Å². The molecule has 5 aromatic rings. The van der Waals surface area contributed by atoms with Crippen molar-refractivity contribution in [1.29, 1.82) is 0 Å². The molecular formula is C38H39N4O8S2+. The molecule has 0 bridgehead atoms. The molecule has 0 fully saturated rings. The molecule has 0 saturated carbocycles. The lowest BCUT2D eigenvalue weighted by Crippen LogP contribution is -2.14. The van der Waals surface area contributed by atoms with Crippen LogP contribution in [0.15, 0.2) is 88.7 Å². The highest BCUT2D eigenvalue weighted by Gasteiger charge is 2.33. The SMILES string of the molecule is COC(=O)c1cc([C+](c2ccc(Nc3c(C)cc(N)cc3C)c(C)c2)c2ccc(S(=O)(=O)O)cc2S(=O)(=O)O)ccc1Nc1c(C)cc(N)cc1C. The molecule has 0 radical (unpaired) electrons. The Morgan fingerprint density at radius 2 is 1.12 bits per heavy atom. The molecular weight excluding hydrogens is 705 g/mol. The summed E-state index contributed by atoms with van der Waals surface area (Å²) in [6.07, 6.45) is 0. The second-order valence-electron chi connectivity index (χ2n) is 12.6. The first-order chi connectivity index (χ1) is 24.3. The van der Waals surface area contributed by atoms with Gasteiger partial charge in [-0.1, -0.05) is 0 Å². The molecule has 0 amide bonds. The maximum Gasteiger partial charge on any atom is 0.345 e. The minimum atomic E-state index is -5.08. The Balaban J connectivity index is 1.74. The lowest BCUT2D eigenvalue weighted by Gasteiger charge is -2.20. The van der Waals surface area contributed by atoms with Gasteiger partial charge in [0.1, 0.15) is 15.4 Å². The van der Waals surface area contributed by atoms with E-state index in [1.54, 1.807) is 42.5 Å². The molecule has 0 heterocycles. The van der Waals surface area contributed by atoms with E-state index in [1.807, 2.05) is 46.8 Å². The summed E-state index contributed by atoms with van der Waals surface area (Å²) in [5.74, 6) is -0.475. The van der Waals surface area contributed by atoms with Gasteiger partial charge in [-0.3, -0.25) is 9.11 Å². The smallest absolute Gasteiger partial charge is 0.345 e. The molecule has 14 heteroatoms. The Bertz CT molecular complexity index is 2420. The summed E-state index contributed by atoms with van der Waals surface area (Å²) in [5.41, 5.74) is 21.0. The molecule has 0 aliphatic heterocycles. The average molecular weight is 744 g/mol. The van der Waals surface area contributed by atoms with E-state index < -0.39 is 36.0 Å². The topological polar surface area (TPSA) is 211 Å². The second-order valence-corrected chi connectivity index (χ2v) is 15.4. The molecule has 0 saturated heterocycles. The van der Waals surface area contributed by atoms with E-state index >= 15 is 0 Å². The number of methoxy groups -OCH3 is 1. The zero-order valence-corrected chi connectivity index (χ0v) is 31.0. The van der Waals surface area contributed by atoms with Crippen LogP contribution in [0.3, 0.4) is 0 Å². The predicted molar refractivity (Wildman–Crippen MR) is 203 cm³/mol. The zero-order chi connectivity index (χ0) is 38.3. The summed E-state index contributed by atoms with van der Waals surface area (Å²) >= 11 is 0. The summed E-state index contributed by atoms with van der Waals surface area (Å²) in [6, 6.07) is 20.3. The van der Waals surface area contributed by atoms with E-state index in [4.69, 9.17) is 16.2 Å². The van der Waals surface area contributed by atoms with Crippen LogP contribution in [0.4, 0.5) is 34.1 Å². The molecule has 0 spiro atoms. The number of hydrogen-bond acceptors (Lipinski definition) is 10. The van der Waals surface area contributed by atoms with Gasteiger partial charge in [-0.05, 0) is 129 Å². The number of benzene rings is 5. The van der Waals surface area contributed by atoms with Gasteiger partial charge in [-0.15, -0.1) is 0 Å². The number of nitrogen functional groups attached to an aromatic ring is 2. The highest BCUT2D eigenvalue weighted by molar-refractivity contribution is 7.86. The highest BCUT2D eigenvalue weighted by Crippen LogP contribution is 2.40. The molecule has 0 aliphatic carbocycles. The summed E-state index contributed by atoms with van der Waals surface area (Å²) in [6.45, 7) is 9.45. The maximum atomic E-state index is 13.3. The Labute approximate surface area is 303 Å². The third-order valence-electron chi connectivity index (χ3n) is 8.66. The van der Waals surface area contributed by atoms with E-state index in [0.29, 0.717) is 34.3 Å². The van der Waals surface area contributed by atoms with E-state index in [2.05, 4.69) is 10.6 Å². The zero-order valence-electron chi connectivity index (χ0n) is 29.3. The number of carbonyl (C=O) groups is 1. The quantitative estimate of drug-likeness (QED) is 0.0276. The number of carbonyl (C=O) groups excluding carboxylic acids is 1. The maximum absolute atomic E-state index is 13.3. The number of hydrogen-bond donors (Lipinski definition) is 6. The number of nitrogens with one attached hydrogen (secondary N) is 2. The lowest BCUT2D eigenvalue weighted by atomic mass is 9.83. The first-order valence-electron chi connectivity index (χ1n) is 15.9. The normalized spacial score (nSPS) is 11.6. The van der Waals surface area contributed by atoms with Crippen LogP contribution in [-0.4, -0.2) is 39.0 Å². The Hall–Kier alpha value is -5.54. The molecule has 270 valence electrons. The first kappa shape index (κ1) is 37.7. The monoisotopic (exact) mass is 743 g/mol. The standard InChI is InChI=1S/C38H38N4O8S2/c1-20-13-25(7-11-32(20)41-36-21(2)14-27(39)15-22(36)3)35(30-10-9-29(51(44,45)46)19-34(30)52(47,48)49)26-8-12-33(31(18-26)38(43)50-6)42-37-23(4)16-28(40)17-24(37)5/h7-19,41H,39-40H2,1-6H3,(H2-,42,43,44,45,46,47,48,49)/p+1. The number of rotatable bonds is 10. The average Bonchev–Trinajstić information content (AvgIpc) is 3.04. The van der Waals surface area contributed by atoms with Gasteiger partial charge in [0.15, 0.2) is 0 Å². The van der Waals surface area contributed by atoms with Gasteiger partial charge in [-0.25, -0.2) is 4.79 Å². The van der Waals surface area contributed by atoms with Gasteiger partial charge in [0, 0.05) is 34.9 Å². The molecule has 52 heavy (non-hydrogen) atoms. The van der Waals surface area contributed by atoms with E-state index in [-0.39, 0.29) is 17.0 Å². The largest absolute Gasteiger partial charge is 0.465 e. The number of ether oxygens (including phenoxy) is 1. The molecule has 8 N–H and O–H groups in total. The summed E-state index contributed by atoms with van der Waals surface area (Å²) in [7, 11) is -8.70. The van der Waals surface area contributed by atoms with Crippen LogP contribution in [0.1, 0.15) is 54.9 Å². The summed E-state index contributed by atoms with van der Waals surface area (Å²) < 4.78 is 75.0. The van der Waals surface area contributed by atoms with Crippen molar-refractivity contribution >= 4 is 60.3 Å². The molecule has 0 unspecified atom stereocenters. The van der Waals surface area contributed by atoms with Crippen LogP contribution in [0, 0.1) is 40.5 Å². The lowest BCUT2D eigenvalue weighted by molar-refractivity contribution is 0.0601. The highest BCUT2D eigenvalue weighted by atomic mass is 32.2. The van der Waals surface area contributed by atoms with Gasteiger partial charge in [0.2, 0.25) is 0 Å². The van der Waals surface area contributed by atoms with Crippen molar-refractivity contribution in [3.8, 4) is 0 Å². The fourth-order valence-electron chi connectivity index (χ4n) is 6.27. The minimum absolute atomic E-state index is 0.0954. The molecule has 5 aromatic carbocycles. The van der Waals surface area contributed by atoms with Crippen LogP contribution in [-0.2, 0) is 25.0 Å². The van der Waals surface area contributed by atoms with Crippen molar-refractivity contribution in [3.05, 3.63) is 135 Å². The molecule has 0 aliphatic rings. The first-order valence-corrected chi connectivity index (χ1v) is 18.7. The van der Waals surface area contributed by atoms with Crippen molar-refractivity contribution in [3.63, 3.8) is 0 Å². The number of nitrogens with two attached hydrogens (primary N) is 2. The van der Waals surface area contributed by atoms with E-state index in [1.165, 1.54) is 19.2 Å². The Kier molecular flexibility index (Phi) is 10.3. The number of esters is 1. The van der Waals surface area contributed by atoms with Crippen LogP contribution < -0.4 is 22.1 Å². The van der Waals surface area contributed by atoms with Crippen LogP contribution in [0.2, 0.25) is 0 Å². The van der Waals surface area contributed by atoms with Gasteiger partial charge in [0.25, 0.3) is 10.1 Å². The number of aryl methyl sites for hydroxylation is 5. The van der Waals surface area contributed by atoms with Gasteiger partial charge >= 0.3 is 16.1 Å². The molecule has 0 aromatic heterocycles. The molecule has 5 rings (SSSR count). The number of anilines is 6. The van der Waals surface area contributed by atoms with Gasteiger partial charge in [-0.2, -0.15) is 16.8 Å². The third-order valence-corrected chi connectivity index (χ3v) is 10.4. The van der Waals surface area contributed by atoms with Crippen molar-refractivity contribution < 1.29 is 35.5 Å². The minimum Gasteiger partial charge on any atom is -0.465 e. The predicted octanol–water partition coefficient (Wildman–Crippen LogP) is 7.18. The van der Waals surface area contributed by atoms with E-state index in [0.717, 1.165) is 50.9 Å². The second kappa shape index (κ2) is 14.2. The Morgan fingerprint density at radius 3 is 1.58 bits per heavy atom. The summed E-state index contributed by atoms with van der Waals surface area (Å²) in [5, 5.41) is 6.74. The van der Waals surface area contributed by atoms with Crippen molar-refractivity contribution in [2.75, 3.05) is 29.2 Å². The van der Waals surface area contributed by atoms with Crippen LogP contribution in [0.5, 0.6) is 0 Å². The molecule has 0 atom stereocenters. The molecule has 12 nitrogen and oxygen atoms in total. The van der Waals surface area contributed by atoms with Gasteiger partial charge in [0.05, 0.1) is 41.1 Å². The van der Waals surface area contributed by atoms with Crippen molar-refractivity contribution in [1.82, 2.24) is 0 Å².